The summed E-state index contributed by atoms with van der Waals surface area (Å²) in [7, 11) is 1.33. The highest BCUT2D eigenvalue weighted by molar-refractivity contribution is 5.91. The number of nitrogens with two attached hydrogens (primary N) is 2. The molecule has 0 aromatic heterocycles. The summed E-state index contributed by atoms with van der Waals surface area (Å²) in [4.78, 5) is 22.1. The Labute approximate surface area is 106 Å². The molecule has 4 N–H and O–H groups in total. The average molecular weight is 250 g/mol. The number of primary amides is 1. The van der Waals surface area contributed by atoms with Crippen LogP contribution in [-0.2, 0) is 16.0 Å². The molecule has 0 bridgehead atoms. The van der Waals surface area contributed by atoms with Crippen LogP contribution in [0.15, 0.2) is 12.1 Å². The van der Waals surface area contributed by atoms with Gasteiger partial charge in [-0.1, -0.05) is 0 Å². The van der Waals surface area contributed by atoms with Crippen molar-refractivity contribution in [2.45, 2.75) is 26.2 Å². The fourth-order valence-electron chi connectivity index (χ4n) is 1.86. The van der Waals surface area contributed by atoms with Gasteiger partial charge in [0.2, 0.25) is 5.91 Å². The van der Waals surface area contributed by atoms with E-state index in [1.54, 1.807) is 12.1 Å². The van der Waals surface area contributed by atoms with Crippen molar-refractivity contribution < 1.29 is 14.3 Å². The lowest BCUT2D eigenvalue weighted by Crippen LogP contribution is -2.11. The Morgan fingerprint density at radius 1 is 1.33 bits per heavy atom. The van der Waals surface area contributed by atoms with Crippen LogP contribution < -0.4 is 11.5 Å². The predicted octanol–water partition coefficient (Wildman–Crippen LogP) is 1.17. The average Bonchev–Trinajstić information content (AvgIpc) is 2.31. The molecule has 0 aliphatic carbocycles. The summed E-state index contributed by atoms with van der Waals surface area (Å²) in [5, 5.41) is 0. The lowest BCUT2D eigenvalue weighted by Gasteiger charge is -2.11. The minimum Gasteiger partial charge on any atom is -0.465 e. The molecule has 0 aliphatic rings. The number of nitrogen functional groups attached to an aromatic ring is 1. The number of hydrogen-bond donors (Lipinski definition) is 2. The molecule has 18 heavy (non-hydrogen) atoms. The van der Waals surface area contributed by atoms with E-state index < -0.39 is 5.97 Å². The Bertz CT molecular complexity index is 446. The van der Waals surface area contributed by atoms with Crippen LogP contribution in [0.4, 0.5) is 5.69 Å². The van der Waals surface area contributed by atoms with Gasteiger partial charge < -0.3 is 16.2 Å². The van der Waals surface area contributed by atoms with Crippen LogP contribution in [0.25, 0.3) is 0 Å². The van der Waals surface area contributed by atoms with E-state index in [1.807, 2.05) is 6.92 Å². The highest BCUT2D eigenvalue weighted by Gasteiger charge is 2.11. The van der Waals surface area contributed by atoms with Crippen LogP contribution in [-0.4, -0.2) is 19.0 Å². The molecule has 5 heteroatoms. The van der Waals surface area contributed by atoms with Gasteiger partial charge >= 0.3 is 5.97 Å². The first kappa shape index (κ1) is 14.0. The summed E-state index contributed by atoms with van der Waals surface area (Å²) in [5.74, 6) is -0.731. The molecule has 0 saturated heterocycles. The number of rotatable bonds is 5. The van der Waals surface area contributed by atoms with E-state index in [2.05, 4.69) is 4.74 Å². The lowest BCUT2D eigenvalue weighted by atomic mass is 9.98. The van der Waals surface area contributed by atoms with Crippen LogP contribution in [0.2, 0.25) is 0 Å². The first-order valence-corrected chi connectivity index (χ1v) is 5.71. The molecule has 0 fully saturated rings. The zero-order valence-corrected chi connectivity index (χ0v) is 10.7. The number of carbonyl (C=O) groups is 2. The molecule has 98 valence electrons. The zero-order valence-electron chi connectivity index (χ0n) is 10.7. The molecule has 0 atom stereocenters. The quantitative estimate of drug-likeness (QED) is 0.605. The lowest BCUT2D eigenvalue weighted by molar-refractivity contribution is -0.118. The summed E-state index contributed by atoms with van der Waals surface area (Å²) in [6.45, 7) is 1.88. The third-order valence-electron chi connectivity index (χ3n) is 2.78. The van der Waals surface area contributed by atoms with Crippen LogP contribution in [0.1, 0.15) is 34.3 Å². The number of anilines is 1. The number of ether oxygens (including phenoxy) is 1. The van der Waals surface area contributed by atoms with Crippen molar-refractivity contribution >= 4 is 17.6 Å². The molecule has 0 aliphatic heterocycles. The van der Waals surface area contributed by atoms with Gasteiger partial charge in [-0.05, 0) is 43.0 Å². The Morgan fingerprint density at radius 2 is 2.00 bits per heavy atom. The van der Waals surface area contributed by atoms with Crippen LogP contribution in [0, 0.1) is 6.92 Å². The second kappa shape index (κ2) is 6.05. The van der Waals surface area contributed by atoms with E-state index in [1.165, 1.54) is 7.11 Å². The summed E-state index contributed by atoms with van der Waals surface area (Å²) < 4.78 is 4.64. The molecule has 1 amide bonds. The van der Waals surface area contributed by atoms with E-state index in [0.717, 1.165) is 11.1 Å². The maximum absolute atomic E-state index is 11.4. The highest BCUT2D eigenvalue weighted by Crippen LogP contribution is 2.22. The minimum atomic E-state index is -0.409. The number of benzene rings is 1. The van der Waals surface area contributed by atoms with E-state index >= 15 is 0 Å². The van der Waals surface area contributed by atoms with Gasteiger partial charge in [-0.3, -0.25) is 4.79 Å². The Hall–Kier alpha value is -2.04. The Kier molecular flexibility index (Phi) is 4.71. The van der Waals surface area contributed by atoms with Crippen LogP contribution in [0.3, 0.4) is 0 Å². The van der Waals surface area contributed by atoms with Gasteiger partial charge in [0.1, 0.15) is 0 Å². The summed E-state index contributed by atoms with van der Waals surface area (Å²) >= 11 is 0. The Morgan fingerprint density at radius 3 is 2.50 bits per heavy atom. The van der Waals surface area contributed by atoms with E-state index in [9.17, 15) is 9.59 Å². The van der Waals surface area contributed by atoms with Crippen molar-refractivity contribution in [3.8, 4) is 0 Å². The number of hydrogen-bond acceptors (Lipinski definition) is 4. The number of aryl methyl sites for hydroxylation is 1. The molecule has 0 unspecified atom stereocenters. The van der Waals surface area contributed by atoms with Crippen LogP contribution >= 0.6 is 0 Å². The summed E-state index contributed by atoms with van der Waals surface area (Å²) in [6, 6.07) is 3.33. The van der Waals surface area contributed by atoms with Crippen molar-refractivity contribution in [3.63, 3.8) is 0 Å². The largest absolute Gasteiger partial charge is 0.465 e. The third kappa shape index (κ3) is 3.48. The van der Waals surface area contributed by atoms with Crippen molar-refractivity contribution in [1.29, 1.82) is 0 Å². The first-order valence-electron chi connectivity index (χ1n) is 5.71. The maximum Gasteiger partial charge on any atom is 0.337 e. The van der Waals surface area contributed by atoms with Crippen LogP contribution in [0.5, 0.6) is 0 Å². The summed E-state index contributed by atoms with van der Waals surface area (Å²) in [5.41, 5.74) is 13.8. The van der Waals surface area contributed by atoms with Gasteiger partial charge in [-0.2, -0.15) is 0 Å². The smallest absolute Gasteiger partial charge is 0.337 e. The molecule has 1 aromatic carbocycles. The van der Waals surface area contributed by atoms with E-state index in [4.69, 9.17) is 11.5 Å². The molecular formula is C13H18N2O3. The number of carbonyl (C=O) groups excluding carboxylic acids is 2. The van der Waals surface area contributed by atoms with Crippen molar-refractivity contribution in [3.05, 3.63) is 28.8 Å². The monoisotopic (exact) mass is 250 g/mol. The Balaban J connectivity index is 2.87. The van der Waals surface area contributed by atoms with E-state index in [0.29, 0.717) is 30.5 Å². The number of esters is 1. The fourth-order valence-corrected chi connectivity index (χ4v) is 1.86. The maximum atomic E-state index is 11.4. The molecule has 0 heterocycles. The van der Waals surface area contributed by atoms with E-state index in [-0.39, 0.29) is 5.91 Å². The highest BCUT2D eigenvalue weighted by atomic mass is 16.5. The van der Waals surface area contributed by atoms with Gasteiger partial charge in [0.15, 0.2) is 0 Å². The summed E-state index contributed by atoms with van der Waals surface area (Å²) in [6.07, 6.45) is 1.65. The van der Waals surface area contributed by atoms with Gasteiger partial charge in [0, 0.05) is 12.1 Å². The van der Waals surface area contributed by atoms with Crippen molar-refractivity contribution in [2.75, 3.05) is 12.8 Å². The second-order valence-electron chi connectivity index (χ2n) is 4.17. The number of methoxy groups -OCH3 is 1. The third-order valence-corrected chi connectivity index (χ3v) is 2.78. The topological polar surface area (TPSA) is 95.4 Å². The normalized spacial score (nSPS) is 10.1. The standard InChI is InChI=1S/C13H18N2O3/c1-8-6-9(13(17)18-2)7-11(14)10(8)4-3-5-12(15)16/h6-7H,3-5,14H2,1-2H3,(H2,15,16). The SMILES string of the molecule is COC(=O)c1cc(C)c(CCCC(N)=O)c(N)c1. The second-order valence-corrected chi connectivity index (χ2v) is 4.17. The molecule has 0 radical (unpaired) electrons. The van der Waals surface area contributed by atoms with Crippen molar-refractivity contribution in [2.24, 2.45) is 5.73 Å². The fraction of sp³-hybridized carbons (Fsp3) is 0.385. The minimum absolute atomic E-state index is 0.322. The molecule has 5 nitrogen and oxygen atoms in total. The van der Waals surface area contributed by atoms with Gasteiger partial charge in [-0.25, -0.2) is 4.79 Å². The molecule has 0 spiro atoms. The van der Waals surface area contributed by atoms with Gasteiger partial charge in [0.25, 0.3) is 0 Å². The van der Waals surface area contributed by atoms with Gasteiger partial charge in [-0.15, -0.1) is 0 Å². The van der Waals surface area contributed by atoms with Gasteiger partial charge in [0.05, 0.1) is 12.7 Å². The molecule has 0 saturated carbocycles. The molecule has 1 aromatic rings. The predicted molar refractivity (Wildman–Crippen MR) is 69.1 cm³/mol. The first-order chi connectivity index (χ1) is 8.45. The number of amides is 1. The molecular weight excluding hydrogens is 232 g/mol. The molecule has 1 rings (SSSR count). The van der Waals surface area contributed by atoms with Crippen molar-refractivity contribution in [1.82, 2.24) is 0 Å². The zero-order chi connectivity index (χ0) is 13.7.